The molecule has 2 aliphatic rings. The molecule has 0 aromatic carbocycles. The minimum Gasteiger partial charge on any atom is -0.352 e. The topological polar surface area (TPSA) is 49.4 Å². The van der Waals surface area contributed by atoms with E-state index in [4.69, 9.17) is 0 Å². The van der Waals surface area contributed by atoms with Crippen LogP contribution in [0.4, 0.5) is 0 Å². The number of amides is 2. The van der Waals surface area contributed by atoms with Crippen LogP contribution in [0.25, 0.3) is 0 Å². The molecule has 1 saturated carbocycles. The van der Waals surface area contributed by atoms with Crippen LogP contribution >= 0.6 is 0 Å². The van der Waals surface area contributed by atoms with E-state index < -0.39 is 0 Å². The van der Waals surface area contributed by atoms with Gasteiger partial charge >= 0.3 is 0 Å². The van der Waals surface area contributed by atoms with Crippen molar-refractivity contribution >= 4 is 11.8 Å². The summed E-state index contributed by atoms with van der Waals surface area (Å²) in [4.78, 5) is 25.6. The zero-order valence-electron chi connectivity index (χ0n) is 10.2. The fourth-order valence-electron chi connectivity index (χ4n) is 2.41. The Morgan fingerprint density at radius 3 is 2.59 bits per heavy atom. The molecule has 0 radical (unpaired) electrons. The normalized spacial score (nSPS) is 27.4. The molecule has 2 rings (SSSR count). The molecule has 2 atom stereocenters. The number of rotatable bonds is 4. The highest BCUT2D eigenvalue weighted by Crippen LogP contribution is 2.40. The SMILES string of the molecule is C=CCNC(=O)C1CC1C(=O)N1CCCCC1. The summed E-state index contributed by atoms with van der Waals surface area (Å²) in [5.41, 5.74) is 0. The summed E-state index contributed by atoms with van der Waals surface area (Å²) in [6.07, 6.45) is 5.80. The lowest BCUT2D eigenvalue weighted by atomic mass is 10.1. The lowest BCUT2D eigenvalue weighted by Gasteiger charge is -2.26. The fourth-order valence-corrected chi connectivity index (χ4v) is 2.41. The van der Waals surface area contributed by atoms with Gasteiger partial charge in [0.25, 0.3) is 0 Å². The Morgan fingerprint density at radius 1 is 1.24 bits per heavy atom. The zero-order valence-corrected chi connectivity index (χ0v) is 10.2. The predicted octanol–water partition coefficient (Wildman–Crippen LogP) is 0.937. The lowest BCUT2D eigenvalue weighted by molar-refractivity contribution is -0.135. The summed E-state index contributed by atoms with van der Waals surface area (Å²) in [7, 11) is 0. The number of piperidine rings is 1. The van der Waals surface area contributed by atoms with Crippen molar-refractivity contribution in [1.29, 1.82) is 0 Å². The van der Waals surface area contributed by atoms with Gasteiger partial charge in [0.15, 0.2) is 0 Å². The van der Waals surface area contributed by atoms with Crippen molar-refractivity contribution < 1.29 is 9.59 Å². The van der Waals surface area contributed by atoms with Gasteiger partial charge in [0.2, 0.25) is 11.8 Å². The van der Waals surface area contributed by atoms with Crippen molar-refractivity contribution in [3.05, 3.63) is 12.7 Å². The lowest BCUT2D eigenvalue weighted by Crippen LogP contribution is -2.38. The Morgan fingerprint density at radius 2 is 1.94 bits per heavy atom. The van der Waals surface area contributed by atoms with Crippen molar-refractivity contribution in [3.63, 3.8) is 0 Å². The molecule has 1 aliphatic carbocycles. The minimum atomic E-state index is -0.0932. The van der Waals surface area contributed by atoms with Gasteiger partial charge in [0.1, 0.15) is 0 Å². The second-order valence-corrected chi connectivity index (χ2v) is 4.87. The highest BCUT2D eigenvalue weighted by Gasteiger charge is 2.49. The van der Waals surface area contributed by atoms with Crippen LogP contribution in [0.15, 0.2) is 12.7 Å². The van der Waals surface area contributed by atoms with Gasteiger partial charge in [-0.15, -0.1) is 6.58 Å². The van der Waals surface area contributed by atoms with Crippen molar-refractivity contribution in [2.24, 2.45) is 11.8 Å². The molecule has 0 aromatic heterocycles. The molecule has 0 bridgehead atoms. The van der Waals surface area contributed by atoms with Crippen LogP contribution in [0.2, 0.25) is 0 Å². The first-order valence-corrected chi connectivity index (χ1v) is 6.41. The van der Waals surface area contributed by atoms with E-state index >= 15 is 0 Å². The summed E-state index contributed by atoms with van der Waals surface area (Å²) in [6.45, 7) is 5.78. The molecule has 1 saturated heterocycles. The van der Waals surface area contributed by atoms with Gasteiger partial charge in [-0.25, -0.2) is 0 Å². The molecule has 1 heterocycles. The third-order valence-corrected chi connectivity index (χ3v) is 3.53. The number of likely N-dealkylation sites (tertiary alicyclic amines) is 1. The average Bonchev–Trinajstić information content (AvgIpc) is 3.16. The summed E-state index contributed by atoms with van der Waals surface area (Å²) < 4.78 is 0. The third-order valence-electron chi connectivity index (χ3n) is 3.53. The van der Waals surface area contributed by atoms with E-state index in [2.05, 4.69) is 11.9 Å². The molecule has 17 heavy (non-hydrogen) atoms. The van der Waals surface area contributed by atoms with Crippen LogP contribution in [0.1, 0.15) is 25.7 Å². The first kappa shape index (κ1) is 12.1. The van der Waals surface area contributed by atoms with E-state index in [0.717, 1.165) is 32.4 Å². The number of hydrogen-bond acceptors (Lipinski definition) is 2. The molecule has 2 amide bonds. The van der Waals surface area contributed by atoms with Gasteiger partial charge in [-0.3, -0.25) is 9.59 Å². The minimum absolute atomic E-state index is 0.000240. The summed E-state index contributed by atoms with van der Waals surface area (Å²) in [5, 5.41) is 2.75. The second-order valence-electron chi connectivity index (χ2n) is 4.87. The average molecular weight is 236 g/mol. The number of hydrogen-bond donors (Lipinski definition) is 1. The largest absolute Gasteiger partial charge is 0.352 e. The van der Waals surface area contributed by atoms with Crippen LogP contribution in [-0.4, -0.2) is 36.3 Å². The molecule has 94 valence electrons. The number of nitrogens with one attached hydrogen (secondary N) is 1. The summed E-state index contributed by atoms with van der Waals surface area (Å²) >= 11 is 0. The van der Waals surface area contributed by atoms with E-state index in [1.54, 1.807) is 6.08 Å². The van der Waals surface area contributed by atoms with Gasteiger partial charge in [-0.2, -0.15) is 0 Å². The maximum atomic E-state index is 12.1. The van der Waals surface area contributed by atoms with Crippen molar-refractivity contribution in [3.8, 4) is 0 Å². The maximum absolute atomic E-state index is 12.1. The standard InChI is InChI=1S/C13H20N2O2/c1-2-6-14-12(16)10-9-11(10)13(17)15-7-4-3-5-8-15/h2,10-11H,1,3-9H2,(H,14,16). The Labute approximate surface area is 102 Å². The molecule has 4 heteroatoms. The summed E-state index contributed by atoms with van der Waals surface area (Å²) in [6, 6.07) is 0. The van der Waals surface area contributed by atoms with E-state index in [0.29, 0.717) is 6.54 Å². The van der Waals surface area contributed by atoms with Crippen LogP contribution < -0.4 is 5.32 Å². The summed E-state index contributed by atoms with van der Waals surface area (Å²) in [5.74, 6) is 0.0333. The Kier molecular flexibility index (Phi) is 3.82. The van der Waals surface area contributed by atoms with Gasteiger partial charge in [-0.05, 0) is 25.7 Å². The molecule has 2 unspecified atom stereocenters. The van der Waals surface area contributed by atoms with E-state index in [9.17, 15) is 9.59 Å². The highest BCUT2D eigenvalue weighted by molar-refractivity contribution is 5.92. The van der Waals surface area contributed by atoms with Crippen molar-refractivity contribution in [2.45, 2.75) is 25.7 Å². The van der Waals surface area contributed by atoms with Gasteiger partial charge in [-0.1, -0.05) is 6.08 Å². The van der Waals surface area contributed by atoms with Gasteiger partial charge < -0.3 is 10.2 Å². The Balaban J connectivity index is 1.79. The van der Waals surface area contributed by atoms with Crippen LogP contribution in [-0.2, 0) is 9.59 Å². The van der Waals surface area contributed by atoms with E-state index in [-0.39, 0.29) is 23.7 Å². The third kappa shape index (κ3) is 2.87. The van der Waals surface area contributed by atoms with Gasteiger partial charge in [0, 0.05) is 19.6 Å². The molecule has 2 fully saturated rings. The van der Waals surface area contributed by atoms with Crippen LogP contribution in [0.5, 0.6) is 0 Å². The Bertz CT molecular complexity index is 321. The van der Waals surface area contributed by atoms with E-state index in [1.807, 2.05) is 4.90 Å². The molecule has 0 spiro atoms. The number of carbonyl (C=O) groups excluding carboxylic acids is 2. The molecular formula is C13H20N2O2. The first-order chi connectivity index (χ1) is 8.24. The fraction of sp³-hybridized carbons (Fsp3) is 0.692. The molecule has 0 aromatic rings. The Hall–Kier alpha value is -1.32. The molecule has 4 nitrogen and oxygen atoms in total. The van der Waals surface area contributed by atoms with E-state index in [1.165, 1.54) is 6.42 Å². The van der Waals surface area contributed by atoms with Crippen molar-refractivity contribution in [2.75, 3.05) is 19.6 Å². The number of carbonyl (C=O) groups is 2. The van der Waals surface area contributed by atoms with Gasteiger partial charge in [0.05, 0.1) is 11.8 Å². The highest BCUT2D eigenvalue weighted by atomic mass is 16.2. The predicted molar refractivity (Wildman–Crippen MR) is 65.2 cm³/mol. The monoisotopic (exact) mass is 236 g/mol. The smallest absolute Gasteiger partial charge is 0.226 e. The second kappa shape index (κ2) is 5.34. The molecule has 1 N–H and O–H groups in total. The number of nitrogens with zero attached hydrogens (tertiary/aromatic N) is 1. The van der Waals surface area contributed by atoms with Crippen molar-refractivity contribution in [1.82, 2.24) is 10.2 Å². The maximum Gasteiger partial charge on any atom is 0.226 e. The quantitative estimate of drug-likeness (QED) is 0.738. The van der Waals surface area contributed by atoms with Crippen LogP contribution in [0.3, 0.4) is 0 Å². The zero-order chi connectivity index (χ0) is 12.3. The molecular weight excluding hydrogens is 216 g/mol. The first-order valence-electron chi connectivity index (χ1n) is 6.41. The molecule has 1 aliphatic heterocycles. The van der Waals surface area contributed by atoms with Crippen LogP contribution in [0, 0.1) is 11.8 Å².